The summed E-state index contributed by atoms with van der Waals surface area (Å²) in [6.07, 6.45) is 5.18. The second kappa shape index (κ2) is 6.22. The lowest BCUT2D eigenvalue weighted by Gasteiger charge is -2.34. The highest BCUT2D eigenvalue weighted by atomic mass is 35.5. The largest absolute Gasteiger partial charge is 0.364 e. The summed E-state index contributed by atoms with van der Waals surface area (Å²) in [5.41, 5.74) is 12.2. The molecule has 2 N–H and O–H groups in total. The van der Waals surface area contributed by atoms with Crippen molar-refractivity contribution < 1.29 is 0 Å². The van der Waals surface area contributed by atoms with Gasteiger partial charge in [-0.1, -0.05) is 24.3 Å². The summed E-state index contributed by atoms with van der Waals surface area (Å²) >= 11 is 0. The predicted octanol–water partition coefficient (Wildman–Crippen LogP) is 2.95. The van der Waals surface area contributed by atoms with Gasteiger partial charge in [0.25, 0.3) is 0 Å². The van der Waals surface area contributed by atoms with Gasteiger partial charge < -0.3 is 15.0 Å². The topological polar surface area (TPSA) is 46.6 Å². The molecular formula is C18H21ClN4. The Morgan fingerprint density at radius 1 is 1.17 bits per heavy atom. The lowest BCUT2D eigenvalue weighted by molar-refractivity contribution is 0.596. The van der Waals surface area contributed by atoms with Gasteiger partial charge in [0.05, 0.1) is 12.2 Å². The fourth-order valence-electron chi connectivity index (χ4n) is 3.30. The molecule has 0 bridgehead atoms. The maximum absolute atomic E-state index is 6.22. The molecule has 1 atom stereocenters. The molecule has 1 aliphatic rings. The van der Waals surface area contributed by atoms with Crippen LogP contribution < -0.4 is 10.6 Å². The van der Waals surface area contributed by atoms with Gasteiger partial charge in [-0.3, -0.25) is 0 Å². The van der Waals surface area contributed by atoms with Crippen LogP contribution in [-0.2, 0) is 13.0 Å². The molecule has 2 aromatic heterocycles. The number of imidazole rings is 1. The van der Waals surface area contributed by atoms with Crippen molar-refractivity contribution in [2.45, 2.75) is 25.9 Å². The number of hydrogen-bond acceptors (Lipinski definition) is 3. The first kappa shape index (κ1) is 15.8. The molecule has 0 fully saturated rings. The molecule has 1 unspecified atom stereocenters. The molecule has 5 heteroatoms. The van der Waals surface area contributed by atoms with Gasteiger partial charge >= 0.3 is 0 Å². The molecular weight excluding hydrogens is 308 g/mol. The van der Waals surface area contributed by atoms with Gasteiger partial charge in [-0.05, 0) is 36.6 Å². The molecule has 3 heterocycles. The van der Waals surface area contributed by atoms with Gasteiger partial charge in [-0.15, -0.1) is 12.4 Å². The highest BCUT2D eigenvalue weighted by Gasteiger charge is 2.22. The molecule has 0 radical (unpaired) electrons. The molecule has 3 aromatic rings. The van der Waals surface area contributed by atoms with Crippen molar-refractivity contribution in [2.75, 3.05) is 11.4 Å². The zero-order valence-corrected chi connectivity index (χ0v) is 14.0. The minimum Gasteiger partial charge on any atom is -0.364 e. The van der Waals surface area contributed by atoms with Gasteiger partial charge in [0, 0.05) is 30.7 Å². The van der Waals surface area contributed by atoms with Crippen molar-refractivity contribution in [3.05, 3.63) is 65.6 Å². The second-order valence-electron chi connectivity index (χ2n) is 6.18. The third kappa shape index (κ3) is 3.05. The Morgan fingerprint density at radius 3 is 2.87 bits per heavy atom. The second-order valence-corrected chi connectivity index (χ2v) is 6.18. The summed E-state index contributed by atoms with van der Waals surface area (Å²) in [5, 5.41) is 0. The van der Waals surface area contributed by atoms with Crippen molar-refractivity contribution >= 4 is 23.7 Å². The number of anilines is 1. The van der Waals surface area contributed by atoms with Crippen LogP contribution in [0.2, 0.25) is 0 Å². The van der Waals surface area contributed by atoms with E-state index in [2.05, 4.69) is 65.0 Å². The molecule has 4 nitrogen and oxygen atoms in total. The van der Waals surface area contributed by atoms with E-state index in [0.29, 0.717) is 0 Å². The Hall–Kier alpha value is -2.04. The fourth-order valence-corrected chi connectivity index (χ4v) is 3.30. The van der Waals surface area contributed by atoms with Crippen LogP contribution in [0, 0.1) is 6.92 Å². The van der Waals surface area contributed by atoms with E-state index in [1.54, 1.807) is 0 Å². The summed E-state index contributed by atoms with van der Waals surface area (Å²) in [4.78, 5) is 7.07. The van der Waals surface area contributed by atoms with E-state index in [0.717, 1.165) is 30.9 Å². The maximum atomic E-state index is 6.22. The van der Waals surface area contributed by atoms with E-state index in [1.807, 2.05) is 0 Å². The third-order valence-electron chi connectivity index (χ3n) is 4.27. The molecule has 23 heavy (non-hydrogen) atoms. The van der Waals surface area contributed by atoms with Crippen molar-refractivity contribution in [3.63, 3.8) is 0 Å². The summed E-state index contributed by atoms with van der Waals surface area (Å²) in [6.45, 7) is 3.77. The summed E-state index contributed by atoms with van der Waals surface area (Å²) in [5.74, 6) is 0. The van der Waals surface area contributed by atoms with Crippen LogP contribution in [0.25, 0.3) is 5.65 Å². The lowest BCUT2D eigenvalue weighted by atomic mass is 9.98. The van der Waals surface area contributed by atoms with Crippen LogP contribution in [0.1, 0.15) is 16.8 Å². The van der Waals surface area contributed by atoms with Gasteiger partial charge in [-0.2, -0.15) is 0 Å². The number of pyridine rings is 1. The van der Waals surface area contributed by atoms with E-state index in [4.69, 9.17) is 10.7 Å². The van der Waals surface area contributed by atoms with Crippen LogP contribution in [0.3, 0.4) is 0 Å². The zero-order chi connectivity index (χ0) is 15.1. The predicted molar refractivity (Wildman–Crippen MR) is 96.3 cm³/mol. The molecule has 0 spiro atoms. The number of benzene rings is 1. The first-order valence-electron chi connectivity index (χ1n) is 7.72. The first-order chi connectivity index (χ1) is 10.7. The summed E-state index contributed by atoms with van der Waals surface area (Å²) < 4.78 is 2.10. The molecule has 0 amide bonds. The van der Waals surface area contributed by atoms with E-state index in [1.165, 1.54) is 16.8 Å². The average molecular weight is 329 g/mol. The van der Waals surface area contributed by atoms with Gasteiger partial charge in [-0.25, -0.2) is 4.98 Å². The normalized spacial score (nSPS) is 17.0. The maximum Gasteiger partial charge on any atom is 0.137 e. The number of para-hydroxylation sites is 1. The Kier molecular flexibility index (Phi) is 4.28. The number of hydrogen-bond donors (Lipinski definition) is 1. The smallest absolute Gasteiger partial charge is 0.137 e. The van der Waals surface area contributed by atoms with E-state index in [-0.39, 0.29) is 18.4 Å². The van der Waals surface area contributed by atoms with Gasteiger partial charge in [0.1, 0.15) is 5.65 Å². The number of rotatable bonds is 2. The first-order valence-corrected chi connectivity index (χ1v) is 7.72. The minimum absolute atomic E-state index is 0. The molecule has 0 aliphatic carbocycles. The Labute approximate surface area is 142 Å². The van der Waals surface area contributed by atoms with Crippen LogP contribution in [-0.4, -0.2) is 22.0 Å². The average Bonchev–Trinajstić information content (AvgIpc) is 2.88. The SMILES string of the molecule is Cc1ccc2nc(CN3CC(N)Cc4ccccc43)cn2c1.Cl. The monoisotopic (exact) mass is 328 g/mol. The number of aryl methyl sites for hydroxylation is 1. The number of fused-ring (bicyclic) bond motifs is 2. The van der Waals surface area contributed by atoms with Crippen LogP contribution in [0.5, 0.6) is 0 Å². The quantitative estimate of drug-likeness (QED) is 0.786. The van der Waals surface area contributed by atoms with Gasteiger partial charge in [0.15, 0.2) is 0 Å². The molecule has 120 valence electrons. The fraction of sp³-hybridized carbons (Fsp3) is 0.278. The van der Waals surface area contributed by atoms with Gasteiger partial charge in [0.2, 0.25) is 0 Å². The van der Waals surface area contributed by atoms with Crippen molar-refractivity contribution in [1.29, 1.82) is 0 Å². The highest BCUT2D eigenvalue weighted by molar-refractivity contribution is 5.85. The van der Waals surface area contributed by atoms with E-state index >= 15 is 0 Å². The van der Waals surface area contributed by atoms with Crippen LogP contribution >= 0.6 is 12.4 Å². The Bertz CT molecular complexity index is 827. The minimum atomic E-state index is 0. The van der Waals surface area contributed by atoms with Crippen molar-refractivity contribution in [1.82, 2.24) is 9.38 Å². The number of aromatic nitrogens is 2. The number of nitrogens with zero attached hydrogens (tertiary/aromatic N) is 3. The third-order valence-corrected chi connectivity index (χ3v) is 4.27. The summed E-state index contributed by atoms with van der Waals surface area (Å²) in [6, 6.07) is 12.9. The molecule has 1 aliphatic heterocycles. The molecule has 0 saturated carbocycles. The van der Waals surface area contributed by atoms with E-state index < -0.39 is 0 Å². The molecule has 1 aromatic carbocycles. The number of halogens is 1. The van der Waals surface area contributed by atoms with Crippen molar-refractivity contribution in [3.8, 4) is 0 Å². The zero-order valence-electron chi connectivity index (χ0n) is 13.1. The standard InChI is InChI=1S/C18H20N4.ClH/c1-13-6-7-18-20-16(12-22(18)9-13)11-21-10-15(19)8-14-4-2-3-5-17(14)21;/h2-7,9,12,15H,8,10-11,19H2,1H3;1H. The molecule has 0 saturated heterocycles. The Balaban J connectivity index is 0.00000156. The van der Waals surface area contributed by atoms with Crippen LogP contribution in [0.4, 0.5) is 5.69 Å². The van der Waals surface area contributed by atoms with Crippen LogP contribution in [0.15, 0.2) is 48.8 Å². The highest BCUT2D eigenvalue weighted by Crippen LogP contribution is 2.27. The summed E-state index contributed by atoms with van der Waals surface area (Å²) in [7, 11) is 0. The molecule has 4 rings (SSSR count). The lowest BCUT2D eigenvalue weighted by Crippen LogP contribution is -2.42. The van der Waals surface area contributed by atoms with Crippen molar-refractivity contribution in [2.24, 2.45) is 5.73 Å². The Morgan fingerprint density at radius 2 is 2.00 bits per heavy atom. The number of nitrogens with two attached hydrogens (primary N) is 1. The van der Waals surface area contributed by atoms with E-state index in [9.17, 15) is 0 Å².